The average Bonchev–Trinajstić information content (AvgIpc) is 2.64. The summed E-state index contributed by atoms with van der Waals surface area (Å²) in [5.41, 5.74) is 2.33. The normalized spacial score (nSPS) is 29.4. The van der Waals surface area contributed by atoms with E-state index in [0.717, 1.165) is 11.1 Å². The molecule has 0 radical (unpaired) electrons. The van der Waals surface area contributed by atoms with Crippen molar-refractivity contribution in [1.29, 1.82) is 0 Å². The second kappa shape index (κ2) is 7.42. The van der Waals surface area contributed by atoms with Gasteiger partial charge in [-0.3, -0.25) is 9.97 Å². The van der Waals surface area contributed by atoms with E-state index in [9.17, 15) is 20.4 Å². The Morgan fingerprint density at radius 2 is 1.92 bits per heavy atom. The van der Waals surface area contributed by atoms with Gasteiger partial charge in [0, 0.05) is 18.0 Å². The zero-order valence-electron chi connectivity index (χ0n) is 13.6. The van der Waals surface area contributed by atoms with E-state index in [2.05, 4.69) is 9.97 Å². The van der Waals surface area contributed by atoms with Crippen molar-refractivity contribution in [2.75, 3.05) is 6.61 Å². The Morgan fingerprint density at radius 3 is 2.56 bits per heavy atom. The smallest absolute Gasteiger partial charge is 0.229 e. The van der Waals surface area contributed by atoms with Crippen LogP contribution in [0.25, 0.3) is 11.3 Å². The Kier molecular flexibility index (Phi) is 5.26. The first-order valence-electron chi connectivity index (χ1n) is 7.85. The molecule has 2 heterocycles. The van der Waals surface area contributed by atoms with Crippen molar-refractivity contribution in [3.63, 3.8) is 0 Å². The van der Waals surface area contributed by atoms with E-state index in [1.54, 1.807) is 30.7 Å². The maximum Gasteiger partial charge on any atom is 0.229 e. The molecule has 1 fully saturated rings. The van der Waals surface area contributed by atoms with Gasteiger partial charge in [-0.2, -0.15) is 0 Å². The number of nitrogens with zero attached hydrogens (tertiary/aromatic N) is 2. The Bertz CT molecular complexity index is 712. The van der Waals surface area contributed by atoms with Gasteiger partial charge in [-0.25, -0.2) is 0 Å². The fraction of sp³-hybridized carbons (Fsp3) is 0.412. The number of rotatable bonds is 4. The van der Waals surface area contributed by atoms with E-state index in [-0.39, 0.29) is 0 Å². The maximum absolute atomic E-state index is 10.0. The van der Waals surface area contributed by atoms with Gasteiger partial charge in [0.25, 0.3) is 0 Å². The number of hydrogen-bond acceptors (Lipinski definition) is 8. The number of aliphatic hydroxyl groups is 4. The lowest BCUT2D eigenvalue weighted by Gasteiger charge is -2.39. The summed E-state index contributed by atoms with van der Waals surface area (Å²) < 4.78 is 11.0. The third-order valence-electron chi connectivity index (χ3n) is 4.13. The molecule has 25 heavy (non-hydrogen) atoms. The topological polar surface area (TPSA) is 125 Å². The van der Waals surface area contributed by atoms with Gasteiger partial charge in [-0.15, -0.1) is 0 Å². The molecular formula is C17H20N2O6. The minimum atomic E-state index is -1.48. The van der Waals surface area contributed by atoms with Gasteiger partial charge in [0.1, 0.15) is 30.2 Å². The molecule has 1 aliphatic heterocycles. The van der Waals surface area contributed by atoms with Crippen LogP contribution in [0.1, 0.15) is 5.56 Å². The zero-order valence-corrected chi connectivity index (χ0v) is 13.6. The van der Waals surface area contributed by atoms with Gasteiger partial charge in [-0.05, 0) is 30.7 Å². The minimum absolute atomic E-state index is 0.442. The molecule has 0 bridgehead atoms. The summed E-state index contributed by atoms with van der Waals surface area (Å²) in [6.07, 6.45) is -1.73. The van der Waals surface area contributed by atoms with Gasteiger partial charge in [-0.1, -0.05) is 0 Å². The van der Waals surface area contributed by atoms with Crippen molar-refractivity contribution in [2.24, 2.45) is 0 Å². The quantitative estimate of drug-likeness (QED) is 0.590. The molecule has 0 spiro atoms. The molecular weight excluding hydrogens is 328 g/mol. The number of aliphatic hydroxyl groups excluding tert-OH is 4. The summed E-state index contributed by atoms with van der Waals surface area (Å²) in [6, 6.07) is 5.33. The van der Waals surface area contributed by atoms with Gasteiger partial charge in [0.05, 0.1) is 18.5 Å². The highest BCUT2D eigenvalue weighted by molar-refractivity contribution is 5.60. The van der Waals surface area contributed by atoms with Crippen molar-refractivity contribution in [3.05, 3.63) is 42.4 Å². The molecule has 0 amide bonds. The van der Waals surface area contributed by atoms with Crippen molar-refractivity contribution < 1.29 is 29.9 Å². The van der Waals surface area contributed by atoms with Crippen molar-refractivity contribution in [1.82, 2.24) is 9.97 Å². The van der Waals surface area contributed by atoms with Gasteiger partial charge in [0.15, 0.2) is 0 Å². The fourth-order valence-corrected chi connectivity index (χ4v) is 2.68. The third kappa shape index (κ3) is 3.63. The number of aryl methyl sites for hydroxylation is 1. The predicted octanol–water partition coefficient (Wildman–Crippen LogP) is -0.369. The molecule has 2 aromatic rings. The van der Waals surface area contributed by atoms with Crippen LogP contribution >= 0.6 is 0 Å². The van der Waals surface area contributed by atoms with Crippen molar-refractivity contribution in [2.45, 2.75) is 37.6 Å². The average molecular weight is 348 g/mol. The first-order valence-corrected chi connectivity index (χ1v) is 7.85. The summed E-state index contributed by atoms with van der Waals surface area (Å²) in [4.78, 5) is 8.26. The first-order chi connectivity index (χ1) is 12.0. The standard InChI is InChI=1S/C17H20N2O6/c1-9-6-10(11-7-18-4-5-19-11)2-3-12(9)24-17-16(23)15(22)14(21)13(8-20)25-17/h2-7,13-17,20-23H,8H2,1H3/t13-,14-,15+,16+,17+/m1/s1. The van der Waals surface area contributed by atoms with Crippen molar-refractivity contribution >= 4 is 0 Å². The van der Waals surface area contributed by atoms with E-state index in [0.29, 0.717) is 11.4 Å². The molecule has 1 saturated heterocycles. The van der Waals surface area contributed by atoms with Gasteiger partial charge in [0.2, 0.25) is 6.29 Å². The molecule has 1 aromatic carbocycles. The Labute approximate surface area is 144 Å². The van der Waals surface area contributed by atoms with E-state index in [1.165, 1.54) is 0 Å². The predicted molar refractivity (Wildman–Crippen MR) is 86.6 cm³/mol. The van der Waals surface area contributed by atoms with E-state index >= 15 is 0 Å². The molecule has 1 aliphatic rings. The summed E-state index contributed by atoms with van der Waals surface area (Å²) in [5.74, 6) is 0.442. The number of benzene rings is 1. The molecule has 8 heteroatoms. The molecule has 1 aromatic heterocycles. The number of ether oxygens (including phenoxy) is 2. The highest BCUT2D eigenvalue weighted by Gasteiger charge is 2.44. The summed E-state index contributed by atoms with van der Waals surface area (Å²) in [5, 5.41) is 38.9. The minimum Gasteiger partial charge on any atom is -0.462 e. The lowest BCUT2D eigenvalue weighted by atomic mass is 9.99. The van der Waals surface area contributed by atoms with E-state index < -0.39 is 37.3 Å². The lowest BCUT2D eigenvalue weighted by Crippen LogP contribution is -2.60. The second-order valence-electron chi connectivity index (χ2n) is 5.89. The van der Waals surface area contributed by atoms with Gasteiger partial charge < -0.3 is 29.9 Å². The van der Waals surface area contributed by atoms with Crippen molar-refractivity contribution in [3.8, 4) is 17.0 Å². The molecule has 8 nitrogen and oxygen atoms in total. The summed E-state index contributed by atoms with van der Waals surface area (Å²) >= 11 is 0. The maximum atomic E-state index is 10.0. The molecule has 134 valence electrons. The van der Waals surface area contributed by atoms with E-state index in [4.69, 9.17) is 9.47 Å². The first kappa shape index (κ1) is 17.7. The highest BCUT2D eigenvalue weighted by Crippen LogP contribution is 2.29. The van der Waals surface area contributed by atoms with Crippen LogP contribution in [0.3, 0.4) is 0 Å². The Morgan fingerprint density at radius 1 is 1.12 bits per heavy atom. The molecule has 0 unspecified atom stereocenters. The molecule has 4 N–H and O–H groups in total. The van der Waals surface area contributed by atoms with Crippen LogP contribution < -0.4 is 4.74 Å². The monoisotopic (exact) mass is 348 g/mol. The van der Waals surface area contributed by atoms with Crippen LogP contribution in [-0.4, -0.2) is 67.7 Å². The van der Waals surface area contributed by atoms with Crippen LogP contribution in [0.5, 0.6) is 5.75 Å². The fourth-order valence-electron chi connectivity index (χ4n) is 2.68. The number of hydrogen-bond donors (Lipinski definition) is 4. The largest absolute Gasteiger partial charge is 0.462 e. The second-order valence-corrected chi connectivity index (χ2v) is 5.89. The highest BCUT2D eigenvalue weighted by atomic mass is 16.7. The van der Waals surface area contributed by atoms with Crippen LogP contribution in [0.2, 0.25) is 0 Å². The van der Waals surface area contributed by atoms with Crippen LogP contribution in [0.15, 0.2) is 36.8 Å². The number of aromatic nitrogens is 2. The van der Waals surface area contributed by atoms with Crippen LogP contribution in [-0.2, 0) is 4.74 Å². The van der Waals surface area contributed by atoms with Gasteiger partial charge >= 0.3 is 0 Å². The molecule has 5 atom stereocenters. The summed E-state index contributed by atoms with van der Waals surface area (Å²) in [6.45, 7) is 1.31. The van der Waals surface area contributed by atoms with Crippen LogP contribution in [0, 0.1) is 6.92 Å². The zero-order chi connectivity index (χ0) is 18.0. The van der Waals surface area contributed by atoms with E-state index in [1.807, 2.05) is 13.0 Å². The lowest BCUT2D eigenvalue weighted by molar-refractivity contribution is -0.277. The molecule has 0 saturated carbocycles. The Hall–Kier alpha value is -2.10. The summed E-state index contributed by atoms with van der Waals surface area (Å²) in [7, 11) is 0. The molecule has 3 rings (SSSR count). The third-order valence-corrected chi connectivity index (χ3v) is 4.13. The van der Waals surface area contributed by atoms with Crippen LogP contribution in [0.4, 0.5) is 0 Å². The molecule has 0 aliphatic carbocycles. The Balaban J connectivity index is 1.78. The SMILES string of the molecule is Cc1cc(-c2cnccn2)ccc1O[C@H]1O[C@H](CO)[C@@H](O)[C@H](O)[C@@H]1O.